The summed E-state index contributed by atoms with van der Waals surface area (Å²) in [6.07, 6.45) is 2.22. The van der Waals surface area contributed by atoms with Crippen LogP contribution in [0.3, 0.4) is 0 Å². The van der Waals surface area contributed by atoms with Gasteiger partial charge in [0.2, 0.25) is 0 Å². The van der Waals surface area contributed by atoms with E-state index in [9.17, 15) is 14.4 Å². The van der Waals surface area contributed by atoms with Crippen LogP contribution in [0.15, 0.2) is 48.5 Å². The summed E-state index contributed by atoms with van der Waals surface area (Å²) < 4.78 is 11.3. The first-order valence-electron chi connectivity index (χ1n) is 11.7. The molecule has 0 spiro atoms. The molecule has 3 aliphatic rings. The van der Waals surface area contributed by atoms with Gasteiger partial charge in [0.15, 0.2) is 11.5 Å². The molecule has 4 amide bonds. The number of benzene rings is 2. The van der Waals surface area contributed by atoms with Crippen molar-refractivity contribution in [3.8, 4) is 11.5 Å². The lowest BCUT2D eigenvalue weighted by Crippen LogP contribution is -2.51. The summed E-state index contributed by atoms with van der Waals surface area (Å²) in [5.41, 5.74) is 3.09. The van der Waals surface area contributed by atoms with E-state index in [4.69, 9.17) is 9.47 Å². The van der Waals surface area contributed by atoms with Crippen molar-refractivity contribution >= 4 is 17.8 Å². The fourth-order valence-corrected chi connectivity index (χ4v) is 5.04. The van der Waals surface area contributed by atoms with Crippen LogP contribution in [0.4, 0.5) is 4.79 Å². The number of urea groups is 1. The quantitative estimate of drug-likeness (QED) is 0.637. The number of carbonyl (C=O) groups excluding carboxylic acids is 3. The van der Waals surface area contributed by atoms with Crippen LogP contribution in [0.25, 0.3) is 0 Å². The first-order chi connectivity index (χ1) is 16.5. The van der Waals surface area contributed by atoms with Gasteiger partial charge in [0.1, 0.15) is 18.8 Å². The Morgan fingerprint density at radius 2 is 1.88 bits per heavy atom. The lowest BCUT2D eigenvalue weighted by atomic mass is 9.87. The number of amides is 4. The van der Waals surface area contributed by atoms with Crippen molar-refractivity contribution in [1.82, 2.24) is 20.7 Å². The molecule has 2 aromatic carbocycles. The Labute approximate surface area is 198 Å². The van der Waals surface area contributed by atoms with Crippen LogP contribution >= 0.6 is 0 Å². The standard InChI is InChI=1S/C25H28N4O5/c1-2-25(18-7-4-3-5-8-18)23(31)29(24(32)26-25)27-22(30)16-28-12-6-9-19(28)17-10-11-20-21(15-17)34-14-13-33-20/h3-5,7-8,10-11,15,19H,2,6,9,12-14,16H2,1H3,(H,26,32)(H,27,30)/t19-,25+/m0/s1. The maximum Gasteiger partial charge on any atom is 0.344 e. The normalized spacial score (nSPS) is 24.3. The monoisotopic (exact) mass is 464 g/mol. The van der Waals surface area contributed by atoms with E-state index >= 15 is 0 Å². The molecule has 178 valence electrons. The lowest BCUT2D eigenvalue weighted by Gasteiger charge is -2.27. The SMILES string of the molecule is CC[C@]1(c2ccccc2)NC(=O)N(NC(=O)CN2CCC[C@H]2c2ccc3c(c2)OCCO3)C1=O. The fraction of sp³-hybridized carbons (Fsp3) is 0.400. The molecule has 2 atom stereocenters. The number of nitrogens with zero attached hydrogens (tertiary/aromatic N) is 2. The van der Waals surface area contributed by atoms with E-state index in [1.165, 1.54) is 0 Å². The third kappa shape index (κ3) is 3.86. The number of fused-ring (bicyclic) bond motifs is 1. The third-order valence-corrected chi connectivity index (χ3v) is 6.79. The maximum absolute atomic E-state index is 13.3. The van der Waals surface area contributed by atoms with Crippen LogP contribution in [-0.4, -0.2) is 54.1 Å². The van der Waals surface area contributed by atoms with E-state index < -0.39 is 23.4 Å². The number of rotatable bonds is 6. The van der Waals surface area contributed by atoms with Gasteiger partial charge >= 0.3 is 6.03 Å². The van der Waals surface area contributed by atoms with Crippen LogP contribution in [0.2, 0.25) is 0 Å². The number of carbonyl (C=O) groups is 3. The van der Waals surface area contributed by atoms with Crippen LogP contribution in [-0.2, 0) is 15.1 Å². The van der Waals surface area contributed by atoms with Gasteiger partial charge in [0.05, 0.1) is 6.54 Å². The summed E-state index contributed by atoms with van der Waals surface area (Å²) in [5, 5.41) is 3.59. The number of hydrazine groups is 1. The second-order valence-electron chi connectivity index (χ2n) is 8.76. The predicted octanol–water partition coefficient (Wildman–Crippen LogP) is 2.48. The highest BCUT2D eigenvalue weighted by molar-refractivity contribution is 6.08. The molecular weight excluding hydrogens is 436 g/mol. The van der Waals surface area contributed by atoms with Gasteiger partial charge in [-0.15, -0.1) is 0 Å². The summed E-state index contributed by atoms with van der Waals surface area (Å²) in [4.78, 5) is 40.9. The molecule has 34 heavy (non-hydrogen) atoms. The molecule has 0 aromatic heterocycles. The van der Waals surface area contributed by atoms with Crippen LogP contribution in [0.5, 0.6) is 11.5 Å². The minimum absolute atomic E-state index is 0.0451. The van der Waals surface area contributed by atoms with Gasteiger partial charge in [-0.3, -0.25) is 19.9 Å². The molecule has 2 fully saturated rings. The number of likely N-dealkylation sites (tertiary alicyclic amines) is 1. The zero-order valence-electron chi connectivity index (χ0n) is 19.1. The Morgan fingerprint density at radius 1 is 1.12 bits per heavy atom. The number of hydrogen-bond acceptors (Lipinski definition) is 6. The van der Waals surface area contributed by atoms with Crippen molar-refractivity contribution in [3.63, 3.8) is 0 Å². The zero-order chi connectivity index (χ0) is 23.7. The highest BCUT2D eigenvalue weighted by atomic mass is 16.6. The molecule has 0 saturated carbocycles. The van der Waals surface area contributed by atoms with Gasteiger partial charge in [0, 0.05) is 6.04 Å². The highest BCUT2D eigenvalue weighted by Gasteiger charge is 2.52. The first-order valence-corrected chi connectivity index (χ1v) is 11.7. The van der Waals surface area contributed by atoms with Gasteiger partial charge in [0.25, 0.3) is 11.8 Å². The summed E-state index contributed by atoms with van der Waals surface area (Å²) in [6, 6.07) is 14.4. The third-order valence-electron chi connectivity index (χ3n) is 6.79. The Balaban J connectivity index is 1.27. The largest absolute Gasteiger partial charge is 0.486 e. The Kier molecular flexibility index (Phi) is 5.87. The van der Waals surface area contributed by atoms with Gasteiger partial charge in [-0.25, -0.2) is 4.79 Å². The van der Waals surface area contributed by atoms with E-state index in [0.29, 0.717) is 25.2 Å². The van der Waals surface area contributed by atoms with E-state index in [-0.39, 0.29) is 12.6 Å². The molecule has 5 rings (SSSR count). The number of nitrogens with one attached hydrogen (secondary N) is 2. The van der Waals surface area contributed by atoms with Crippen LogP contribution in [0, 0.1) is 0 Å². The number of hydrogen-bond donors (Lipinski definition) is 2. The van der Waals surface area contributed by atoms with Crippen molar-refractivity contribution in [3.05, 3.63) is 59.7 Å². The fourth-order valence-electron chi connectivity index (χ4n) is 5.04. The van der Waals surface area contributed by atoms with Gasteiger partial charge in [-0.2, -0.15) is 5.01 Å². The smallest absolute Gasteiger partial charge is 0.344 e. The molecule has 3 heterocycles. The summed E-state index contributed by atoms with van der Waals surface area (Å²) in [5.74, 6) is 0.558. The number of ether oxygens (including phenoxy) is 2. The molecule has 2 N–H and O–H groups in total. The number of imide groups is 1. The van der Waals surface area contributed by atoms with Crippen molar-refractivity contribution in [2.75, 3.05) is 26.3 Å². The lowest BCUT2D eigenvalue weighted by molar-refractivity contribution is -0.140. The Bertz CT molecular complexity index is 1110. The average Bonchev–Trinajstić information content (AvgIpc) is 3.42. The minimum atomic E-state index is -1.19. The second kappa shape index (κ2) is 8.98. The molecule has 2 saturated heterocycles. The average molecular weight is 465 g/mol. The Morgan fingerprint density at radius 3 is 2.65 bits per heavy atom. The van der Waals surface area contributed by atoms with E-state index in [0.717, 1.165) is 41.5 Å². The van der Waals surface area contributed by atoms with E-state index in [1.807, 2.05) is 43.3 Å². The predicted molar refractivity (Wildman–Crippen MR) is 123 cm³/mol. The van der Waals surface area contributed by atoms with Gasteiger partial charge in [-0.05, 0) is 49.1 Å². The molecule has 0 bridgehead atoms. The van der Waals surface area contributed by atoms with Crippen LogP contribution in [0.1, 0.15) is 43.4 Å². The molecule has 0 radical (unpaired) electrons. The topological polar surface area (TPSA) is 100 Å². The molecule has 0 unspecified atom stereocenters. The van der Waals surface area contributed by atoms with Crippen molar-refractivity contribution in [1.29, 1.82) is 0 Å². The van der Waals surface area contributed by atoms with Gasteiger partial charge in [-0.1, -0.05) is 43.3 Å². The van der Waals surface area contributed by atoms with Crippen molar-refractivity contribution in [2.24, 2.45) is 0 Å². The zero-order valence-corrected chi connectivity index (χ0v) is 19.1. The van der Waals surface area contributed by atoms with Crippen molar-refractivity contribution in [2.45, 2.75) is 37.8 Å². The van der Waals surface area contributed by atoms with Crippen LogP contribution < -0.4 is 20.2 Å². The molecule has 3 aliphatic heterocycles. The molecule has 2 aromatic rings. The molecule has 0 aliphatic carbocycles. The summed E-state index contributed by atoms with van der Waals surface area (Å²) in [7, 11) is 0. The minimum Gasteiger partial charge on any atom is -0.486 e. The van der Waals surface area contributed by atoms with Crippen molar-refractivity contribution < 1.29 is 23.9 Å². The Hall–Kier alpha value is -3.59. The second-order valence-corrected chi connectivity index (χ2v) is 8.76. The summed E-state index contributed by atoms with van der Waals surface area (Å²) in [6.45, 7) is 3.70. The van der Waals surface area contributed by atoms with E-state index in [2.05, 4.69) is 15.6 Å². The molecular formula is C25H28N4O5. The molecule has 9 heteroatoms. The summed E-state index contributed by atoms with van der Waals surface area (Å²) >= 11 is 0. The molecule has 9 nitrogen and oxygen atoms in total. The van der Waals surface area contributed by atoms with E-state index in [1.54, 1.807) is 12.1 Å². The first kappa shape index (κ1) is 22.2. The van der Waals surface area contributed by atoms with Gasteiger partial charge < -0.3 is 14.8 Å². The maximum atomic E-state index is 13.3. The highest BCUT2D eigenvalue weighted by Crippen LogP contribution is 2.38.